The molecule has 1 atom stereocenters. The largest absolute Gasteiger partial charge is 0.383 e. The highest BCUT2D eigenvalue weighted by Gasteiger charge is 2.38. The van der Waals surface area contributed by atoms with Gasteiger partial charge in [0.15, 0.2) is 0 Å². The molecule has 0 radical (unpaired) electrons. The molecule has 1 rings (SSSR count). The van der Waals surface area contributed by atoms with Gasteiger partial charge in [0.25, 0.3) is 0 Å². The van der Waals surface area contributed by atoms with Crippen LogP contribution in [0.5, 0.6) is 0 Å². The van der Waals surface area contributed by atoms with Crippen LogP contribution in [0, 0.1) is 5.92 Å². The van der Waals surface area contributed by atoms with Gasteiger partial charge in [0.05, 0.1) is 6.61 Å². The van der Waals surface area contributed by atoms with Crippen molar-refractivity contribution in [3.05, 3.63) is 0 Å². The third kappa shape index (κ3) is 3.43. The first kappa shape index (κ1) is 14.9. The minimum absolute atomic E-state index is 0.212. The van der Waals surface area contributed by atoms with Crippen molar-refractivity contribution in [1.29, 1.82) is 0 Å². The van der Waals surface area contributed by atoms with Gasteiger partial charge in [-0.1, -0.05) is 13.3 Å². The highest BCUT2D eigenvalue weighted by molar-refractivity contribution is 4.96. The van der Waals surface area contributed by atoms with Gasteiger partial charge >= 0.3 is 0 Å². The molecular weight excluding hydrogens is 212 g/mol. The Kier molecular flexibility index (Phi) is 5.90. The summed E-state index contributed by atoms with van der Waals surface area (Å²) in [6.45, 7) is 6.09. The summed E-state index contributed by atoms with van der Waals surface area (Å²) >= 11 is 0. The summed E-state index contributed by atoms with van der Waals surface area (Å²) in [4.78, 5) is 2.46. The fourth-order valence-corrected chi connectivity index (χ4v) is 3.14. The van der Waals surface area contributed by atoms with Crippen LogP contribution in [0.15, 0.2) is 0 Å². The molecule has 0 amide bonds. The van der Waals surface area contributed by atoms with Crippen molar-refractivity contribution in [3.8, 4) is 0 Å². The van der Waals surface area contributed by atoms with Gasteiger partial charge in [-0.3, -0.25) is 4.90 Å². The predicted octanol–water partition coefficient (Wildman–Crippen LogP) is 2.25. The van der Waals surface area contributed by atoms with Crippen LogP contribution in [0.3, 0.4) is 0 Å². The third-order valence-electron chi connectivity index (χ3n) is 4.81. The van der Waals surface area contributed by atoms with Crippen molar-refractivity contribution >= 4 is 0 Å². The molecule has 0 bridgehead atoms. The minimum atomic E-state index is 0.212. The van der Waals surface area contributed by atoms with Crippen molar-refractivity contribution in [2.45, 2.75) is 57.5 Å². The van der Waals surface area contributed by atoms with Gasteiger partial charge in [0, 0.05) is 25.2 Å². The van der Waals surface area contributed by atoms with Crippen LogP contribution in [0.2, 0.25) is 0 Å². The number of likely N-dealkylation sites (N-methyl/N-ethyl adjacent to an activating group) is 1. The second kappa shape index (κ2) is 6.72. The number of nitrogens with zero attached hydrogens (tertiary/aromatic N) is 1. The lowest BCUT2D eigenvalue weighted by atomic mass is 9.74. The number of methoxy groups -OCH3 is 1. The standard InChI is InChI=1S/C14H30N2O/c1-5-13-6-8-14(11-15,9-7-13)16(3)12(2)10-17-4/h12-13H,5-11,15H2,1-4H3. The van der Waals surface area contributed by atoms with Crippen LogP contribution < -0.4 is 5.73 Å². The molecule has 1 aliphatic rings. The van der Waals surface area contributed by atoms with E-state index in [2.05, 4.69) is 25.8 Å². The van der Waals surface area contributed by atoms with Crippen LogP contribution in [-0.2, 0) is 4.74 Å². The number of hydrogen-bond acceptors (Lipinski definition) is 3. The maximum absolute atomic E-state index is 6.08. The van der Waals surface area contributed by atoms with E-state index in [9.17, 15) is 0 Å². The summed E-state index contributed by atoms with van der Waals surface area (Å²) in [5.41, 5.74) is 6.29. The van der Waals surface area contributed by atoms with Crippen LogP contribution in [0.25, 0.3) is 0 Å². The molecule has 3 heteroatoms. The molecule has 0 spiro atoms. The third-order valence-corrected chi connectivity index (χ3v) is 4.81. The average Bonchev–Trinajstić information content (AvgIpc) is 2.38. The van der Waals surface area contributed by atoms with Crippen molar-refractivity contribution in [3.63, 3.8) is 0 Å². The normalized spacial score (nSPS) is 31.8. The van der Waals surface area contributed by atoms with Crippen molar-refractivity contribution in [2.24, 2.45) is 11.7 Å². The molecule has 17 heavy (non-hydrogen) atoms. The molecule has 1 saturated carbocycles. The van der Waals surface area contributed by atoms with E-state index in [1.807, 2.05) is 0 Å². The number of nitrogens with two attached hydrogens (primary N) is 1. The molecule has 0 aromatic carbocycles. The Balaban J connectivity index is 2.63. The topological polar surface area (TPSA) is 38.5 Å². The molecule has 0 heterocycles. The molecule has 0 aromatic heterocycles. The maximum Gasteiger partial charge on any atom is 0.0615 e. The molecule has 2 N–H and O–H groups in total. The Morgan fingerprint density at radius 2 is 2.00 bits per heavy atom. The van der Waals surface area contributed by atoms with E-state index in [0.29, 0.717) is 6.04 Å². The van der Waals surface area contributed by atoms with Crippen LogP contribution in [-0.4, -0.2) is 43.8 Å². The molecule has 1 fully saturated rings. The smallest absolute Gasteiger partial charge is 0.0615 e. The van der Waals surface area contributed by atoms with Gasteiger partial charge in [-0.05, 0) is 45.6 Å². The lowest BCUT2D eigenvalue weighted by Gasteiger charge is -2.48. The van der Waals surface area contributed by atoms with Crippen molar-refractivity contribution in [2.75, 3.05) is 27.3 Å². The second-order valence-corrected chi connectivity index (χ2v) is 5.70. The molecule has 0 aromatic rings. The van der Waals surface area contributed by atoms with E-state index >= 15 is 0 Å². The Bertz CT molecular complexity index is 212. The molecule has 3 nitrogen and oxygen atoms in total. The van der Waals surface area contributed by atoms with Gasteiger partial charge in [0.1, 0.15) is 0 Å². The summed E-state index contributed by atoms with van der Waals surface area (Å²) in [6.07, 6.45) is 6.46. The Hall–Kier alpha value is -0.120. The van der Waals surface area contributed by atoms with E-state index < -0.39 is 0 Å². The van der Waals surface area contributed by atoms with Crippen LogP contribution in [0.4, 0.5) is 0 Å². The number of ether oxygens (including phenoxy) is 1. The minimum Gasteiger partial charge on any atom is -0.383 e. The zero-order chi connectivity index (χ0) is 12.9. The fraction of sp³-hybridized carbons (Fsp3) is 1.00. The van der Waals surface area contributed by atoms with Crippen LogP contribution >= 0.6 is 0 Å². The average molecular weight is 242 g/mol. The van der Waals surface area contributed by atoms with Crippen molar-refractivity contribution < 1.29 is 4.74 Å². The quantitative estimate of drug-likeness (QED) is 0.776. The molecule has 102 valence electrons. The predicted molar refractivity (Wildman–Crippen MR) is 73.1 cm³/mol. The fourth-order valence-electron chi connectivity index (χ4n) is 3.14. The van der Waals surface area contributed by atoms with Crippen LogP contribution in [0.1, 0.15) is 46.0 Å². The molecular formula is C14H30N2O. The monoisotopic (exact) mass is 242 g/mol. The summed E-state index contributed by atoms with van der Waals surface area (Å²) in [5.74, 6) is 0.917. The summed E-state index contributed by atoms with van der Waals surface area (Å²) in [5, 5.41) is 0. The van der Waals surface area contributed by atoms with E-state index in [-0.39, 0.29) is 5.54 Å². The van der Waals surface area contributed by atoms with E-state index in [0.717, 1.165) is 19.1 Å². The zero-order valence-corrected chi connectivity index (χ0v) is 12.0. The highest BCUT2D eigenvalue weighted by atomic mass is 16.5. The first-order valence-corrected chi connectivity index (χ1v) is 7.01. The first-order valence-electron chi connectivity index (χ1n) is 7.01. The van der Waals surface area contributed by atoms with E-state index in [4.69, 9.17) is 10.5 Å². The summed E-state index contributed by atoms with van der Waals surface area (Å²) < 4.78 is 5.26. The molecule has 0 aliphatic heterocycles. The number of rotatable bonds is 6. The summed E-state index contributed by atoms with van der Waals surface area (Å²) in [7, 11) is 3.98. The van der Waals surface area contributed by atoms with Gasteiger partial charge in [-0.2, -0.15) is 0 Å². The highest BCUT2D eigenvalue weighted by Crippen LogP contribution is 2.37. The summed E-state index contributed by atoms with van der Waals surface area (Å²) in [6, 6.07) is 0.446. The van der Waals surface area contributed by atoms with E-state index in [1.54, 1.807) is 7.11 Å². The lowest BCUT2D eigenvalue weighted by molar-refractivity contribution is 0.00655. The second-order valence-electron chi connectivity index (χ2n) is 5.70. The molecule has 1 aliphatic carbocycles. The first-order chi connectivity index (χ1) is 8.09. The maximum atomic E-state index is 6.08. The number of hydrogen-bond donors (Lipinski definition) is 1. The SMILES string of the molecule is CCC1CCC(CN)(N(C)C(C)COC)CC1. The van der Waals surface area contributed by atoms with E-state index in [1.165, 1.54) is 32.1 Å². The van der Waals surface area contributed by atoms with Crippen molar-refractivity contribution in [1.82, 2.24) is 4.90 Å². The molecule has 0 saturated heterocycles. The zero-order valence-electron chi connectivity index (χ0n) is 12.0. The Morgan fingerprint density at radius 1 is 1.41 bits per heavy atom. The Labute approximate surface area is 107 Å². The lowest BCUT2D eigenvalue weighted by Crippen LogP contribution is -2.57. The van der Waals surface area contributed by atoms with Gasteiger partial charge in [-0.25, -0.2) is 0 Å². The Morgan fingerprint density at radius 3 is 2.41 bits per heavy atom. The van der Waals surface area contributed by atoms with Gasteiger partial charge < -0.3 is 10.5 Å². The molecule has 1 unspecified atom stereocenters. The van der Waals surface area contributed by atoms with Gasteiger partial charge in [-0.15, -0.1) is 0 Å². The van der Waals surface area contributed by atoms with Gasteiger partial charge in [0.2, 0.25) is 0 Å².